The fourth-order valence-electron chi connectivity index (χ4n) is 4.95. The lowest BCUT2D eigenvalue weighted by molar-refractivity contribution is -0.172. The lowest BCUT2D eigenvalue weighted by Crippen LogP contribution is -2.64. The summed E-state index contributed by atoms with van der Waals surface area (Å²) in [5, 5.41) is 0. The van der Waals surface area contributed by atoms with Crippen molar-refractivity contribution in [3.05, 3.63) is 11.6 Å². The van der Waals surface area contributed by atoms with Gasteiger partial charge in [0.15, 0.2) is 0 Å². The molecule has 22 heavy (non-hydrogen) atoms. The van der Waals surface area contributed by atoms with E-state index in [0.717, 1.165) is 25.9 Å². The predicted molar refractivity (Wildman–Crippen MR) is 88.7 cm³/mol. The molecular weight excluding hydrogens is 274 g/mol. The molecule has 3 aliphatic rings. The molecule has 3 aliphatic carbocycles. The molecule has 0 aromatic heterocycles. The normalized spacial score (nSPS) is 30.0. The number of nitrogens with zero attached hydrogens (tertiary/aromatic N) is 1. The maximum absolute atomic E-state index is 12.7. The number of ether oxygens (including phenoxy) is 1. The van der Waals surface area contributed by atoms with Crippen molar-refractivity contribution in [2.75, 3.05) is 13.7 Å². The molecular formula is C19H31NO2. The molecule has 2 saturated carbocycles. The van der Waals surface area contributed by atoms with E-state index in [2.05, 4.69) is 17.9 Å². The van der Waals surface area contributed by atoms with Crippen molar-refractivity contribution >= 4 is 5.91 Å². The zero-order valence-electron chi connectivity index (χ0n) is 14.3. The Morgan fingerprint density at radius 1 is 1.32 bits per heavy atom. The van der Waals surface area contributed by atoms with E-state index < -0.39 is 0 Å². The summed E-state index contributed by atoms with van der Waals surface area (Å²) in [4.78, 5) is 14.8. The molecule has 0 saturated heterocycles. The largest absolute Gasteiger partial charge is 0.378 e. The molecule has 124 valence electrons. The van der Waals surface area contributed by atoms with Crippen LogP contribution in [-0.4, -0.2) is 36.6 Å². The first-order valence-corrected chi connectivity index (χ1v) is 9.22. The van der Waals surface area contributed by atoms with Crippen LogP contribution in [0.1, 0.15) is 71.1 Å². The standard InChI is InChI=1S/C19H31NO2/c1-3-22-17-14-16(19(17)11-7-8-12-19)20(2)18(21)13-15-9-5-4-6-10-15/h9,16-17H,3-8,10-14H2,1-2H3/t16-,17+/m0/s1. The lowest BCUT2D eigenvalue weighted by atomic mass is 9.60. The van der Waals surface area contributed by atoms with Crippen LogP contribution in [0.15, 0.2) is 11.6 Å². The van der Waals surface area contributed by atoms with Crippen LogP contribution in [0.5, 0.6) is 0 Å². The van der Waals surface area contributed by atoms with Crippen molar-refractivity contribution < 1.29 is 9.53 Å². The second kappa shape index (κ2) is 6.74. The van der Waals surface area contributed by atoms with Crippen molar-refractivity contribution in [2.45, 2.75) is 83.3 Å². The van der Waals surface area contributed by atoms with Crippen LogP contribution in [0, 0.1) is 5.41 Å². The average molecular weight is 305 g/mol. The number of allylic oxidation sites excluding steroid dienone is 1. The number of carbonyl (C=O) groups is 1. The van der Waals surface area contributed by atoms with Gasteiger partial charge in [-0.3, -0.25) is 4.79 Å². The molecule has 0 unspecified atom stereocenters. The number of hydrogen-bond acceptors (Lipinski definition) is 2. The molecule has 3 rings (SSSR count). The zero-order valence-corrected chi connectivity index (χ0v) is 14.3. The smallest absolute Gasteiger partial charge is 0.226 e. The molecule has 0 aromatic carbocycles. The number of rotatable bonds is 5. The van der Waals surface area contributed by atoms with Gasteiger partial charge in [0, 0.05) is 31.5 Å². The van der Waals surface area contributed by atoms with Crippen molar-refractivity contribution in [2.24, 2.45) is 5.41 Å². The van der Waals surface area contributed by atoms with E-state index >= 15 is 0 Å². The Balaban J connectivity index is 1.63. The average Bonchev–Trinajstić information content (AvgIpc) is 3.04. The molecule has 0 N–H and O–H groups in total. The zero-order chi connectivity index (χ0) is 15.6. The Morgan fingerprint density at radius 2 is 2.09 bits per heavy atom. The van der Waals surface area contributed by atoms with Gasteiger partial charge in [0.25, 0.3) is 0 Å². The lowest BCUT2D eigenvalue weighted by Gasteiger charge is -2.57. The number of carbonyl (C=O) groups excluding carboxylic acids is 1. The van der Waals surface area contributed by atoms with Gasteiger partial charge in [-0.15, -0.1) is 0 Å². The molecule has 0 aliphatic heterocycles. The van der Waals surface area contributed by atoms with E-state index in [0.29, 0.717) is 24.5 Å². The van der Waals surface area contributed by atoms with E-state index in [1.165, 1.54) is 44.1 Å². The molecule has 0 aromatic rings. The van der Waals surface area contributed by atoms with Gasteiger partial charge in [0.2, 0.25) is 5.91 Å². The van der Waals surface area contributed by atoms with Crippen LogP contribution >= 0.6 is 0 Å². The molecule has 0 radical (unpaired) electrons. The number of amides is 1. The minimum Gasteiger partial charge on any atom is -0.378 e. The molecule has 3 heteroatoms. The van der Waals surface area contributed by atoms with Gasteiger partial charge in [0.1, 0.15) is 0 Å². The van der Waals surface area contributed by atoms with Crippen molar-refractivity contribution in [3.8, 4) is 0 Å². The van der Waals surface area contributed by atoms with Crippen LogP contribution in [-0.2, 0) is 9.53 Å². The van der Waals surface area contributed by atoms with E-state index in [1.54, 1.807) is 0 Å². The minimum atomic E-state index is 0.265. The molecule has 0 bridgehead atoms. The summed E-state index contributed by atoms with van der Waals surface area (Å²) >= 11 is 0. The van der Waals surface area contributed by atoms with E-state index in [9.17, 15) is 4.79 Å². The Bertz CT molecular complexity index is 437. The third-order valence-corrected chi connectivity index (χ3v) is 6.27. The van der Waals surface area contributed by atoms with Gasteiger partial charge in [-0.25, -0.2) is 0 Å². The Morgan fingerprint density at radius 3 is 2.73 bits per heavy atom. The summed E-state index contributed by atoms with van der Waals surface area (Å²) in [6.07, 6.45) is 14.3. The van der Waals surface area contributed by atoms with E-state index in [1.807, 2.05) is 7.05 Å². The molecule has 1 spiro atoms. The topological polar surface area (TPSA) is 29.5 Å². The van der Waals surface area contributed by atoms with Gasteiger partial charge in [0.05, 0.1) is 6.10 Å². The minimum absolute atomic E-state index is 0.265. The third kappa shape index (κ3) is 2.84. The van der Waals surface area contributed by atoms with Crippen molar-refractivity contribution in [1.82, 2.24) is 4.90 Å². The number of hydrogen-bond donors (Lipinski definition) is 0. The summed E-state index contributed by atoms with van der Waals surface area (Å²) in [7, 11) is 2.03. The molecule has 2 fully saturated rings. The highest BCUT2D eigenvalue weighted by atomic mass is 16.5. The van der Waals surface area contributed by atoms with Crippen LogP contribution in [0.4, 0.5) is 0 Å². The first kappa shape index (κ1) is 16.0. The summed E-state index contributed by atoms with van der Waals surface area (Å²) in [6, 6.07) is 0.406. The van der Waals surface area contributed by atoms with Gasteiger partial charge in [-0.05, 0) is 51.9 Å². The van der Waals surface area contributed by atoms with Crippen molar-refractivity contribution in [1.29, 1.82) is 0 Å². The van der Waals surface area contributed by atoms with Crippen LogP contribution < -0.4 is 0 Å². The quantitative estimate of drug-likeness (QED) is 0.716. The SMILES string of the molecule is CCO[C@@H]1C[C@H](N(C)C(=O)CC2=CCCCC2)C12CCCC2. The van der Waals surface area contributed by atoms with Crippen LogP contribution in [0.25, 0.3) is 0 Å². The fraction of sp³-hybridized carbons (Fsp3) is 0.842. The first-order chi connectivity index (χ1) is 10.7. The van der Waals surface area contributed by atoms with E-state index in [4.69, 9.17) is 4.74 Å². The maximum atomic E-state index is 12.7. The fourth-order valence-corrected chi connectivity index (χ4v) is 4.95. The maximum Gasteiger partial charge on any atom is 0.226 e. The highest BCUT2D eigenvalue weighted by Gasteiger charge is 2.58. The molecule has 2 atom stereocenters. The highest BCUT2D eigenvalue weighted by Crippen LogP contribution is 2.56. The van der Waals surface area contributed by atoms with E-state index in [-0.39, 0.29) is 5.41 Å². The third-order valence-electron chi connectivity index (χ3n) is 6.27. The van der Waals surface area contributed by atoms with Crippen molar-refractivity contribution in [3.63, 3.8) is 0 Å². The molecule has 0 heterocycles. The second-order valence-corrected chi connectivity index (χ2v) is 7.43. The molecule has 1 amide bonds. The monoisotopic (exact) mass is 305 g/mol. The van der Waals surface area contributed by atoms with Gasteiger partial charge >= 0.3 is 0 Å². The Labute approximate surface area is 135 Å². The highest BCUT2D eigenvalue weighted by molar-refractivity contribution is 5.79. The van der Waals surface area contributed by atoms with Crippen LogP contribution in [0.3, 0.4) is 0 Å². The Hall–Kier alpha value is -0.830. The van der Waals surface area contributed by atoms with Gasteiger partial charge in [-0.1, -0.05) is 24.5 Å². The van der Waals surface area contributed by atoms with Gasteiger partial charge < -0.3 is 9.64 Å². The summed E-state index contributed by atoms with van der Waals surface area (Å²) in [5.74, 6) is 0.319. The van der Waals surface area contributed by atoms with Gasteiger partial charge in [-0.2, -0.15) is 0 Å². The second-order valence-electron chi connectivity index (χ2n) is 7.43. The Kier molecular flexibility index (Phi) is 4.91. The molecule has 3 nitrogen and oxygen atoms in total. The summed E-state index contributed by atoms with van der Waals surface area (Å²) < 4.78 is 5.98. The first-order valence-electron chi connectivity index (χ1n) is 9.22. The summed E-state index contributed by atoms with van der Waals surface area (Å²) in [6.45, 7) is 2.88. The predicted octanol–water partition coefficient (Wildman–Crippen LogP) is 4.07. The van der Waals surface area contributed by atoms with Crippen LogP contribution in [0.2, 0.25) is 0 Å². The summed E-state index contributed by atoms with van der Waals surface area (Å²) in [5.41, 5.74) is 1.63.